The second-order valence-corrected chi connectivity index (χ2v) is 6.76. The average Bonchev–Trinajstić information content (AvgIpc) is 3.22. The Bertz CT molecular complexity index is 746. The molecular formula is C19H16OS2. The Morgan fingerprint density at radius 1 is 0.909 bits per heavy atom. The molecule has 3 heteroatoms. The predicted octanol–water partition coefficient (Wildman–Crippen LogP) is 5.44. The van der Waals surface area contributed by atoms with Gasteiger partial charge in [0.2, 0.25) is 0 Å². The van der Waals surface area contributed by atoms with E-state index in [9.17, 15) is 0 Å². The summed E-state index contributed by atoms with van der Waals surface area (Å²) in [7, 11) is 0. The molecule has 0 spiro atoms. The van der Waals surface area contributed by atoms with Gasteiger partial charge in [0.25, 0.3) is 0 Å². The molecular weight excluding hydrogens is 308 g/mol. The normalized spacial score (nSPS) is 10.2. The van der Waals surface area contributed by atoms with Gasteiger partial charge in [0, 0.05) is 16.2 Å². The van der Waals surface area contributed by atoms with Crippen LogP contribution < -0.4 is 0 Å². The molecule has 0 saturated heterocycles. The van der Waals surface area contributed by atoms with Crippen LogP contribution in [0.5, 0.6) is 0 Å². The van der Waals surface area contributed by atoms with Crippen LogP contribution in [0.3, 0.4) is 0 Å². The summed E-state index contributed by atoms with van der Waals surface area (Å²) in [6, 6.07) is 18.7. The molecule has 110 valence electrons. The number of hydrogen-bond donors (Lipinski definition) is 0. The molecule has 0 amide bonds. The third-order valence-corrected chi connectivity index (χ3v) is 5.13. The zero-order chi connectivity index (χ0) is 15.0. The van der Waals surface area contributed by atoms with Crippen LogP contribution in [-0.4, -0.2) is 6.61 Å². The van der Waals surface area contributed by atoms with Crippen molar-refractivity contribution < 1.29 is 4.74 Å². The Kier molecular flexibility index (Phi) is 5.44. The summed E-state index contributed by atoms with van der Waals surface area (Å²) in [5.74, 6) is 6.40. The van der Waals surface area contributed by atoms with Crippen molar-refractivity contribution in [3.63, 3.8) is 0 Å². The van der Waals surface area contributed by atoms with Gasteiger partial charge >= 0.3 is 0 Å². The van der Waals surface area contributed by atoms with E-state index in [0.29, 0.717) is 13.2 Å². The Morgan fingerprint density at radius 2 is 1.82 bits per heavy atom. The summed E-state index contributed by atoms with van der Waals surface area (Å²) in [5.41, 5.74) is 1.20. The van der Waals surface area contributed by atoms with Crippen LogP contribution in [0.2, 0.25) is 0 Å². The minimum absolute atomic E-state index is 0.657. The van der Waals surface area contributed by atoms with Crippen molar-refractivity contribution in [3.05, 3.63) is 70.4 Å². The van der Waals surface area contributed by atoms with E-state index in [1.165, 1.54) is 15.3 Å². The van der Waals surface area contributed by atoms with Gasteiger partial charge in [0.15, 0.2) is 0 Å². The minimum atomic E-state index is 0.657. The van der Waals surface area contributed by atoms with E-state index in [-0.39, 0.29) is 0 Å². The Hall–Kier alpha value is -1.86. The largest absolute Gasteiger partial charge is 0.376 e. The molecule has 0 N–H and O–H groups in total. The third-order valence-electron chi connectivity index (χ3n) is 3.06. The Balaban J connectivity index is 1.44. The fraction of sp³-hybridized carbons (Fsp3) is 0.158. The fourth-order valence-corrected chi connectivity index (χ4v) is 3.71. The maximum Gasteiger partial charge on any atom is 0.0775 e. The first kappa shape index (κ1) is 15.1. The van der Waals surface area contributed by atoms with Crippen LogP contribution in [0.4, 0.5) is 0 Å². The second kappa shape index (κ2) is 7.95. The lowest BCUT2D eigenvalue weighted by atomic mass is 10.2. The minimum Gasteiger partial charge on any atom is -0.376 e. The van der Waals surface area contributed by atoms with Crippen molar-refractivity contribution in [1.82, 2.24) is 0 Å². The summed E-state index contributed by atoms with van der Waals surface area (Å²) in [6.07, 6.45) is 0.763. The fourth-order valence-electron chi connectivity index (χ4n) is 1.99. The molecule has 0 aliphatic carbocycles. The summed E-state index contributed by atoms with van der Waals surface area (Å²) >= 11 is 3.51. The van der Waals surface area contributed by atoms with E-state index in [1.54, 1.807) is 22.7 Å². The van der Waals surface area contributed by atoms with Crippen molar-refractivity contribution in [2.75, 3.05) is 6.61 Å². The topological polar surface area (TPSA) is 9.23 Å². The van der Waals surface area contributed by atoms with Gasteiger partial charge in [0.1, 0.15) is 0 Å². The highest BCUT2D eigenvalue weighted by Crippen LogP contribution is 2.30. The quantitative estimate of drug-likeness (QED) is 0.449. The van der Waals surface area contributed by atoms with Gasteiger partial charge in [-0.15, -0.1) is 22.7 Å². The molecule has 2 aromatic heterocycles. The van der Waals surface area contributed by atoms with E-state index in [4.69, 9.17) is 4.74 Å². The van der Waals surface area contributed by atoms with E-state index in [1.807, 2.05) is 18.2 Å². The first-order valence-corrected chi connectivity index (χ1v) is 8.86. The van der Waals surface area contributed by atoms with Crippen LogP contribution in [0.1, 0.15) is 16.9 Å². The molecule has 0 radical (unpaired) electrons. The Labute approximate surface area is 139 Å². The first-order chi connectivity index (χ1) is 10.9. The molecule has 0 aliphatic rings. The van der Waals surface area contributed by atoms with E-state index >= 15 is 0 Å². The monoisotopic (exact) mass is 324 g/mol. The van der Waals surface area contributed by atoms with Crippen molar-refractivity contribution >= 4 is 22.7 Å². The highest BCUT2D eigenvalue weighted by atomic mass is 32.1. The van der Waals surface area contributed by atoms with Crippen LogP contribution in [-0.2, 0) is 11.3 Å². The lowest BCUT2D eigenvalue weighted by Crippen LogP contribution is -1.93. The molecule has 0 fully saturated rings. The summed E-state index contributed by atoms with van der Waals surface area (Å²) in [5, 5.41) is 2.10. The average molecular weight is 324 g/mol. The zero-order valence-corrected chi connectivity index (χ0v) is 13.8. The number of hydrogen-bond acceptors (Lipinski definition) is 3. The molecule has 3 aromatic rings. The van der Waals surface area contributed by atoms with Gasteiger partial charge in [-0.2, -0.15) is 0 Å². The van der Waals surface area contributed by atoms with Crippen molar-refractivity contribution in [2.24, 2.45) is 0 Å². The zero-order valence-electron chi connectivity index (χ0n) is 12.1. The van der Waals surface area contributed by atoms with Crippen LogP contribution in [0, 0.1) is 11.8 Å². The molecule has 0 unspecified atom stereocenters. The second-order valence-electron chi connectivity index (χ2n) is 4.73. The molecule has 0 bridgehead atoms. The molecule has 0 aliphatic heterocycles. The van der Waals surface area contributed by atoms with Crippen molar-refractivity contribution in [1.29, 1.82) is 0 Å². The molecule has 0 saturated carbocycles. The molecule has 3 rings (SSSR count). The standard InChI is InChI=1S/C19H16OS2/c1-2-7-16(8-3-1)15-20-13-5-4-9-17-11-12-19(22-17)18-10-6-14-21-18/h1-3,6-8,10-12,14H,5,13,15H2. The van der Waals surface area contributed by atoms with Crippen molar-refractivity contribution in [3.8, 4) is 21.6 Å². The predicted molar refractivity (Wildman–Crippen MR) is 95.2 cm³/mol. The van der Waals surface area contributed by atoms with Gasteiger partial charge in [-0.25, -0.2) is 0 Å². The van der Waals surface area contributed by atoms with E-state index in [2.05, 4.69) is 53.6 Å². The summed E-state index contributed by atoms with van der Waals surface area (Å²) in [4.78, 5) is 3.72. The van der Waals surface area contributed by atoms with Crippen LogP contribution in [0.15, 0.2) is 60.0 Å². The van der Waals surface area contributed by atoms with Gasteiger partial charge < -0.3 is 4.74 Å². The van der Waals surface area contributed by atoms with Crippen LogP contribution in [0.25, 0.3) is 9.75 Å². The molecule has 1 aromatic carbocycles. The highest BCUT2D eigenvalue weighted by molar-refractivity contribution is 7.21. The molecule has 2 heterocycles. The van der Waals surface area contributed by atoms with Crippen molar-refractivity contribution in [2.45, 2.75) is 13.0 Å². The van der Waals surface area contributed by atoms with Gasteiger partial charge in [-0.05, 0) is 29.1 Å². The van der Waals surface area contributed by atoms with E-state index in [0.717, 1.165) is 11.3 Å². The number of rotatable bonds is 5. The van der Waals surface area contributed by atoms with Gasteiger partial charge in [0.05, 0.1) is 18.1 Å². The molecule has 22 heavy (non-hydrogen) atoms. The molecule has 0 atom stereocenters. The number of ether oxygens (including phenoxy) is 1. The van der Waals surface area contributed by atoms with Crippen LogP contribution >= 0.6 is 22.7 Å². The highest BCUT2D eigenvalue weighted by Gasteiger charge is 2.01. The summed E-state index contributed by atoms with van der Waals surface area (Å²) in [6.45, 7) is 1.33. The first-order valence-electron chi connectivity index (χ1n) is 7.16. The maximum absolute atomic E-state index is 5.62. The SMILES string of the molecule is C(#Cc1ccc(-c2cccs2)s1)CCOCc1ccccc1. The maximum atomic E-state index is 5.62. The van der Waals surface area contributed by atoms with Gasteiger partial charge in [-0.1, -0.05) is 48.2 Å². The lowest BCUT2D eigenvalue weighted by Gasteiger charge is -2.00. The number of thiophene rings is 2. The lowest BCUT2D eigenvalue weighted by molar-refractivity contribution is 0.126. The summed E-state index contributed by atoms with van der Waals surface area (Å²) < 4.78 is 5.62. The smallest absolute Gasteiger partial charge is 0.0775 e. The number of benzene rings is 1. The van der Waals surface area contributed by atoms with E-state index < -0.39 is 0 Å². The molecule has 1 nitrogen and oxygen atoms in total. The third kappa shape index (κ3) is 4.32. The Morgan fingerprint density at radius 3 is 2.64 bits per heavy atom. The van der Waals surface area contributed by atoms with Gasteiger partial charge in [-0.3, -0.25) is 0 Å².